The minimum Gasteiger partial charge on any atom is -0.412 e. The van der Waals surface area contributed by atoms with Crippen LogP contribution in [0.3, 0.4) is 0 Å². The van der Waals surface area contributed by atoms with Crippen molar-refractivity contribution in [1.82, 2.24) is 0 Å². The quantitative estimate of drug-likeness (QED) is 0.522. The standard InChI is InChI=1S/C18H16NO.BrH.H2O/c1-14(18(20)16-8-3-2-4-9-16)19-12-11-15-7-5-6-10-17(15)13-19;;/h2-14H,1H3;1H;1H2/q+1;;. The summed E-state index contributed by atoms with van der Waals surface area (Å²) in [7, 11) is 0. The van der Waals surface area contributed by atoms with E-state index in [4.69, 9.17) is 0 Å². The van der Waals surface area contributed by atoms with E-state index < -0.39 is 0 Å². The van der Waals surface area contributed by atoms with Crippen molar-refractivity contribution in [3.05, 3.63) is 78.6 Å². The number of Topliss-reactive ketones (excluding diaryl/α,β-unsaturated/α-hetero) is 1. The van der Waals surface area contributed by atoms with E-state index in [2.05, 4.69) is 12.1 Å². The van der Waals surface area contributed by atoms with E-state index in [0.717, 1.165) is 10.9 Å². The second-order valence-corrected chi connectivity index (χ2v) is 4.93. The van der Waals surface area contributed by atoms with Crippen molar-refractivity contribution in [2.75, 3.05) is 0 Å². The first-order valence-corrected chi connectivity index (χ1v) is 6.74. The van der Waals surface area contributed by atoms with Crippen LogP contribution in [0.5, 0.6) is 0 Å². The molecular weight excluding hydrogens is 342 g/mol. The summed E-state index contributed by atoms with van der Waals surface area (Å²) >= 11 is 0. The lowest BCUT2D eigenvalue weighted by Gasteiger charge is -2.07. The van der Waals surface area contributed by atoms with Gasteiger partial charge in [-0.15, -0.1) is 17.0 Å². The molecular formula is C18H19BrNO2+. The Kier molecular flexibility index (Phi) is 6.40. The largest absolute Gasteiger partial charge is 0.412 e. The summed E-state index contributed by atoms with van der Waals surface area (Å²) in [4.78, 5) is 12.5. The lowest BCUT2D eigenvalue weighted by molar-refractivity contribution is -0.703. The monoisotopic (exact) mass is 360 g/mol. The Hall–Kier alpha value is -2.04. The fourth-order valence-corrected chi connectivity index (χ4v) is 2.37. The van der Waals surface area contributed by atoms with Gasteiger partial charge in [0.2, 0.25) is 11.8 Å². The van der Waals surface area contributed by atoms with Crippen LogP contribution in [-0.2, 0) is 0 Å². The fourth-order valence-electron chi connectivity index (χ4n) is 2.37. The van der Waals surface area contributed by atoms with E-state index in [-0.39, 0.29) is 34.3 Å². The molecule has 1 atom stereocenters. The van der Waals surface area contributed by atoms with Crippen molar-refractivity contribution in [3.63, 3.8) is 0 Å². The second-order valence-electron chi connectivity index (χ2n) is 4.93. The third-order valence-corrected chi connectivity index (χ3v) is 3.60. The molecule has 0 aliphatic carbocycles. The molecule has 3 nitrogen and oxygen atoms in total. The fraction of sp³-hybridized carbons (Fsp3) is 0.111. The van der Waals surface area contributed by atoms with Crippen molar-refractivity contribution in [2.45, 2.75) is 13.0 Å². The number of carbonyl (C=O) groups excluding carboxylic acids is 1. The molecule has 4 heteroatoms. The number of benzene rings is 2. The summed E-state index contributed by atoms with van der Waals surface area (Å²) in [5, 5.41) is 2.32. The second kappa shape index (κ2) is 7.82. The Morgan fingerprint density at radius 2 is 1.50 bits per heavy atom. The molecule has 0 saturated heterocycles. The van der Waals surface area contributed by atoms with Crippen molar-refractivity contribution >= 4 is 33.5 Å². The zero-order valence-electron chi connectivity index (χ0n) is 12.3. The van der Waals surface area contributed by atoms with Crippen LogP contribution in [0.1, 0.15) is 23.3 Å². The van der Waals surface area contributed by atoms with Gasteiger partial charge in [0.05, 0.1) is 0 Å². The van der Waals surface area contributed by atoms with E-state index in [1.165, 1.54) is 5.39 Å². The Labute approximate surface area is 140 Å². The summed E-state index contributed by atoms with van der Waals surface area (Å²) in [6.07, 6.45) is 3.99. The summed E-state index contributed by atoms with van der Waals surface area (Å²) in [5.41, 5.74) is 0.751. The molecule has 22 heavy (non-hydrogen) atoms. The molecule has 1 unspecified atom stereocenters. The number of hydrogen-bond acceptors (Lipinski definition) is 1. The lowest BCUT2D eigenvalue weighted by Crippen LogP contribution is -2.41. The predicted molar refractivity (Wildman–Crippen MR) is 93.6 cm³/mol. The van der Waals surface area contributed by atoms with Crippen LogP contribution in [0.4, 0.5) is 0 Å². The first-order valence-electron chi connectivity index (χ1n) is 6.74. The number of carbonyl (C=O) groups is 1. The molecule has 1 heterocycles. The first-order chi connectivity index (χ1) is 9.75. The summed E-state index contributed by atoms with van der Waals surface area (Å²) < 4.78 is 1.97. The highest BCUT2D eigenvalue weighted by atomic mass is 79.9. The maximum atomic E-state index is 12.5. The van der Waals surface area contributed by atoms with E-state index in [1.54, 1.807) is 0 Å². The lowest BCUT2D eigenvalue weighted by atomic mass is 10.0. The molecule has 0 spiro atoms. The van der Waals surface area contributed by atoms with Crippen LogP contribution in [0.2, 0.25) is 0 Å². The SMILES string of the molecule is Br.CC(C(=O)c1ccccc1)[n+]1ccc2ccccc2c1.O. The van der Waals surface area contributed by atoms with E-state index in [9.17, 15) is 4.79 Å². The van der Waals surface area contributed by atoms with Crippen LogP contribution in [0.25, 0.3) is 10.8 Å². The Bertz CT molecular complexity index is 759. The molecule has 3 aromatic rings. The Balaban J connectivity index is 0.00000121. The van der Waals surface area contributed by atoms with E-state index in [0.29, 0.717) is 0 Å². The van der Waals surface area contributed by atoms with Crippen molar-refractivity contribution in [1.29, 1.82) is 0 Å². The third-order valence-electron chi connectivity index (χ3n) is 3.60. The van der Waals surface area contributed by atoms with Gasteiger partial charge < -0.3 is 5.48 Å². The molecule has 0 radical (unpaired) electrons. The molecule has 114 valence electrons. The minimum absolute atomic E-state index is 0. The van der Waals surface area contributed by atoms with Crippen molar-refractivity contribution in [3.8, 4) is 0 Å². The highest BCUT2D eigenvalue weighted by Crippen LogP contribution is 2.13. The van der Waals surface area contributed by atoms with Gasteiger partial charge in [-0.1, -0.05) is 48.5 Å². The van der Waals surface area contributed by atoms with Gasteiger partial charge in [-0.2, -0.15) is 4.57 Å². The molecule has 3 rings (SSSR count). The molecule has 2 N–H and O–H groups in total. The van der Waals surface area contributed by atoms with Crippen molar-refractivity contribution < 1.29 is 14.8 Å². The average Bonchev–Trinajstić information content (AvgIpc) is 2.54. The number of ketones is 1. The summed E-state index contributed by atoms with van der Waals surface area (Å²) in [6.45, 7) is 1.93. The number of nitrogens with zero attached hydrogens (tertiary/aromatic N) is 1. The zero-order chi connectivity index (χ0) is 13.9. The van der Waals surface area contributed by atoms with E-state index in [1.807, 2.05) is 72.4 Å². The average molecular weight is 361 g/mol. The smallest absolute Gasteiger partial charge is 0.230 e. The maximum Gasteiger partial charge on any atom is 0.230 e. The highest BCUT2D eigenvalue weighted by molar-refractivity contribution is 8.93. The number of halogens is 1. The van der Waals surface area contributed by atoms with Crippen LogP contribution in [0.15, 0.2) is 73.1 Å². The Morgan fingerprint density at radius 3 is 2.18 bits per heavy atom. The molecule has 1 aromatic heterocycles. The van der Waals surface area contributed by atoms with Crippen LogP contribution >= 0.6 is 17.0 Å². The summed E-state index contributed by atoms with van der Waals surface area (Å²) in [5.74, 6) is 0.130. The first kappa shape index (κ1) is 18.0. The maximum absolute atomic E-state index is 12.5. The van der Waals surface area contributed by atoms with Crippen molar-refractivity contribution in [2.24, 2.45) is 0 Å². The van der Waals surface area contributed by atoms with Gasteiger partial charge in [-0.05, 0) is 11.5 Å². The normalized spacial score (nSPS) is 11.1. The van der Waals surface area contributed by atoms with Crippen LogP contribution in [-0.4, -0.2) is 11.3 Å². The molecule has 0 saturated carbocycles. The zero-order valence-corrected chi connectivity index (χ0v) is 14.0. The number of pyridine rings is 1. The number of aromatic nitrogens is 1. The van der Waals surface area contributed by atoms with Gasteiger partial charge in [0.15, 0.2) is 12.4 Å². The van der Waals surface area contributed by atoms with E-state index >= 15 is 0 Å². The number of hydrogen-bond donors (Lipinski definition) is 0. The summed E-state index contributed by atoms with van der Waals surface area (Å²) in [6, 6.07) is 19.4. The molecule has 0 amide bonds. The number of rotatable bonds is 3. The highest BCUT2D eigenvalue weighted by Gasteiger charge is 2.23. The third kappa shape index (κ3) is 3.59. The van der Waals surface area contributed by atoms with Gasteiger partial charge in [0.25, 0.3) is 0 Å². The molecule has 2 aromatic carbocycles. The van der Waals surface area contributed by atoms with Gasteiger partial charge in [-0.3, -0.25) is 4.79 Å². The van der Waals surface area contributed by atoms with Gasteiger partial charge >= 0.3 is 0 Å². The predicted octanol–water partition coefficient (Wildman–Crippen LogP) is 3.32. The number of fused-ring (bicyclic) bond motifs is 1. The topological polar surface area (TPSA) is 52.5 Å². The molecule has 0 aliphatic heterocycles. The van der Waals surface area contributed by atoms with Crippen LogP contribution < -0.4 is 4.57 Å². The van der Waals surface area contributed by atoms with Gasteiger partial charge in [0, 0.05) is 23.9 Å². The van der Waals surface area contributed by atoms with Gasteiger partial charge in [0.1, 0.15) is 0 Å². The molecule has 0 bridgehead atoms. The molecule has 0 aliphatic rings. The molecule has 0 fully saturated rings. The van der Waals surface area contributed by atoms with Gasteiger partial charge in [-0.25, -0.2) is 0 Å². The Morgan fingerprint density at radius 1 is 0.909 bits per heavy atom. The minimum atomic E-state index is -0.206. The van der Waals surface area contributed by atoms with Crippen LogP contribution in [0, 0.1) is 0 Å².